The van der Waals surface area contributed by atoms with Gasteiger partial charge < -0.3 is 31.7 Å². The number of nitrogen functional groups attached to an aromatic ring is 2. The number of phenols is 1. The number of phenolic OH excluding ortho intramolecular Hbond substituents is 1. The van der Waals surface area contributed by atoms with Gasteiger partial charge in [-0.1, -0.05) is 29.5 Å². The maximum absolute atomic E-state index is 14.0. The molecular weight excluding hydrogens is 520 g/mol. The largest absolute Gasteiger partial charge is 0.506 e. The summed E-state index contributed by atoms with van der Waals surface area (Å²) in [6.45, 7) is 4.18. The van der Waals surface area contributed by atoms with Gasteiger partial charge in [-0.2, -0.15) is 5.01 Å². The van der Waals surface area contributed by atoms with Crippen molar-refractivity contribution in [2.45, 2.75) is 45.1 Å². The number of carbonyl (C=O) groups is 3. The summed E-state index contributed by atoms with van der Waals surface area (Å²) in [5, 5.41) is 16.3. The van der Waals surface area contributed by atoms with Crippen LogP contribution in [0.1, 0.15) is 25.0 Å². The fraction of sp³-hybridized carbons (Fsp3) is 0.385. The van der Waals surface area contributed by atoms with Crippen LogP contribution in [0, 0.1) is 0 Å². The summed E-state index contributed by atoms with van der Waals surface area (Å²) in [6.07, 6.45) is -0.361. The lowest BCUT2D eigenvalue weighted by molar-refractivity contribution is -0.158. The lowest BCUT2D eigenvalue weighted by Gasteiger charge is -2.47. The first-order chi connectivity index (χ1) is 18.6. The summed E-state index contributed by atoms with van der Waals surface area (Å²) in [5.74, 6) is -0.511. The van der Waals surface area contributed by atoms with E-state index in [1.807, 2.05) is 32.0 Å². The molecule has 1 aromatic heterocycles. The van der Waals surface area contributed by atoms with E-state index in [2.05, 4.69) is 10.3 Å². The molecule has 0 saturated carbocycles. The molecule has 2 aliphatic heterocycles. The first-order valence-corrected chi connectivity index (χ1v) is 13.5. The van der Waals surface area contributed by atoms with Gasteiger partial charge in [-0.3, -0.25) is 14.6 Å². The number of aromatic nitrogens is 1. The van der Waals surface area contributed by atoms with E-state index < -0.39 is 12.2 Å². The highest BCUT2D eigenvalue weighted by molar-refractivity contribution is 7.22. The number of hydrogen-bond donors (Lipinski definition) is 4. The van der Waals surface area contributed by atoms with Crippen LogP contribution in [0.5, 0.6) is 5.75 Å². The lowest BCUT2D eigenvalue weighted by Crippen LogP contribution is -2.66. The Bertz CT molecular complexity index is 1440. The molecule has 0 spiro atoms. The number of urea groups is 1. The van der Waals surface area contributed by atoms with Gasteiger partial charge in [-0.25, -0.2) is 9.78 Å². The quantitative estimate of drug-likeness (QED) is 0.265. The van der Waals surface area contributed by atoms with E-state index in [-0.39, 0.29) is 61.4 Å². The number of nitrogens with two attached hydrogens (primary N) is 2. The minimum atomic E-state index is -0.830. The van der Waals surface area contributed by atoms with Crippen molar-refractivity contribution in [3.8, 4) is 5.75 Å². The van der Waals surface area contributed by atoms with Gasteiger partial charge in [0.1, 0.15) is 18.0 Å². The van der Waals surface area contributed by atoms with Gasteiger partial charge in [0.15, 0.2) is 5.13 Å². The molecule has 2 saturated heterocycles. The highest BCUT2D eigenvalue weighted by atomic mass is 32.1. The van der Waals surface area contributed by atoms with Crippen molar-refractivity contribution in [1.29, 1.82) is 0 Å². The molecule has 13 heteroatoms. The second kappa shape index (κ2) is 10.2. The number of hydrogen-bond acceptors (Lipinski definition) is 9. The lowest BCUT2D eigenvalue weighted by atomic mass is 9.99. The molecule has 2 atom stereocenters. The summed E-state index contributed by atoms with van der Waals surface area (Å²) < 4.78 is 0.926. The monoisotopic (exact) mass is 552 g/mol. The molecule has 2 aromatic carbocycles. The van der Waals surface area contributed by atoms with E-state index in [1.54, 1.807) is 34.0 Å². The number of nitrogens with zero attached hydrogens (tertiary/aromatic N) is 5. The number of benzene rings is 2. The molecule has 0 unspecified atom stereocenters. The number of aromatic hydroxyl groups is 1. The number of anilines is 2. The molecule has 0 bridgehead atoms. The first kappa shape index (κ1) is 26.5. The van der Waals surface area contributed by atoms with Crippen LogP contribution >= 0.6 is 11.3 Å². The van der Waals surface area contributed by atoms with Gasteiger partial charge in [0.2, 0.25) is 11.8 Å². The zero-order chi connectivity index (χ0) is 28.0. The number of nitrogens with one attached hydrogen (secondary N) is 1. The first-order valence-electron chi connectivity index (χ1n) is 12.7. The average Bonchev–Trinajstić information content (AvgIpc) is 3.43. The Morgan fingerprint density at radius 3 is 2.72 bits per heavy atom. The van der Waals surface area contributed by atoms with Crippen molar-refractivity contribution in [2.75, 3.05) is 31.6 Å². The van der Waals surface area contributed by atoms with E-state index in [0.717, 1.165) is 15.8 Å². The smallest absolute Gasteiger partial charge is 0.331 e. The number of rotatable bonds is 6. The van der Waals surface area contributed by atoms with E-state index in [9.17, 15) is 19.5 Å². The molecule has 0 aliphatic carbocycles. The number of fused-ring (bicyclic) bond motifs is 2. The molecule has 206 valence electrons. The third kappa shape index (κ3) is 4.79. The third-order valence-corrected chi connectivity index (χ3v) is 8.01. The van der Waals surface area contributed by atoms with Crippen molar-refractivity contribution >= 4 is 50.2 Å². The normalized spacial score (nSPS) is 19.7. The highest BCUT2D eigenvalue weighted by Crippen LogP contribution is 2.33. The van der Waals surface area contributed by atoms with E-state index in [1.165, 1.54) is 22.4 Å². The molecule has 6 N–H and O–H groups in total. The van der Waals surface area contributed by atoms with Crippen LogP contribution in [-0.2, 0) is 22.6 Å². The van der Waals surface area contributed by atoms with Crippen molar-refractivity contribution in [2.24, 2.45) is 0 Å². The van der Waals surface area contributed by atoms with Crippen LogP contribution in [0.4, 0.5) is 15.6 Å². The third-order valence-electron chi connectivity index (χ3n) is 7.16. The second-order valence-corrected chi connectivity index (χ2v) is 11.1. The Balaban J connectivity index is 1.54. The minimum absolute atomic E-state index is 0.0379. The number of hydrazine groups is 1. The van der Waals surface area contributed by atoms with Crippen molar-refractivity contribution in [3.63, 3.8) is 0 Å². The van der Waals surface area contributed by atoms with Gasteiger partial charge in [-0.05, 0) is 43.2 Å². The summed E-state index contributed by atoms with van der Waals surface area (Å²) in [5.41, 5.74) is 14.4. The van der Waals surface area contributed by atoms with Gasteiger partial charge in [0, 0.05) is 26.1 Å². The topological polar surface area (TPSA) is 161 Å². The zero-order valence-corrected chi connectivity index (χ0v) is 22.8. The maximum Gasteiger partial charge on any atom is 0.331 e. The zero-order valence-electron chi connectivity index (χ0n) is 22.0. The number of carbonyl (C=O) groups excluding carboxylic acids is 3. The van der Waals surface area contributed by atoms with Crippen LogP contribution in [0.25, 0.3) is 10.2 Å². The van der Waals surface area contributed by atoms with Crippen LogP contribution in [0.3, 0.4) is 0 Å². The Kier molecular flexibility index (Phi) is 6.95. The SMILES string of the molecule is CNC(=O)N(C(C)C)N1CC(=O)N2[C@@H](Cc3ccc(O)c(N)c3)C(=O)N(Cc3cccc4sc(N)nc34)C[C@@H]21. The maximum atomic E-state index is 14.0. The van der Waals surface area contributed by atoms with E-state index in [0.29, 0.717) is 10.7 Å². The molecule has 3 heterocycles. The predicted molar refractivity (Wildman–Crippen MR) is 148 cm³/mol. The number of para-hydroxylation sites is 1. The molecule has 2 fully saturated rings. The molecule has 12 nitrogen and oxygen atoms in total. The van der Waals surface area contributed by atoms with E-state index in [4.69, 9.17) is 11.5 Å². The molecule has 5 rings (SSSR count). The van der Waals surface area contributed by atoms with Crippen LogP contribution in [0.15, 0.2) is 36.4 Å². The number of amides is 4. The number of piperazine rings is 1. The average molecular weight is 553 g/mol. The van der Waals surface area contributed by atoms with Crippen molar-refractivity contribution in [1.82, 2.24) is 30.1 Å². The molecular formula is C26H32N8O4S. The van der Waals surface area contributed by atoms with Gasteiger partial charge in [0.25, 0.3) is 0 Å². The molecule has 0 radical (unpaired) electrons. The minimum Gasteiger partial charge on any atom is -0.506 e. The standard InChI is InChI=1S/C26H32N8O4S/c1-14(2)34(26(38)29-3)32-13-22(36)33-18(10-15-7-8-19(35)17(27)9-15)24(37)31(12-21(32)33)11-16-5-4-6-20-23(16)30-25(28)39-20/h4-9,14,18,21,35H,10-13,27H2,1-3H3,(H2,28,30)(H,29,38)/t18-,21+/m0/s1. The Hall–Kier alpha value is -4.10. The molecule has 4 amide bonds. The fourth-order valence-electron chi connectivity index (χ4n) is 5.44. The Labute approximate surface area is 229 Å². The Morgan fingerprint density at radius 2 is 2.03 bits per heavy atom. The summed E-state index contributed by atoms with van der Waals surface area (Å²) >= 11 is 1.38. The summed E-state index contributed by atoms with van der Waals surface area (Å²) in [6, 6.07) is 9.14. The van der Waals surface area contributed by atoms with Crippen molar-refractivity contribution < 1.29 is 19.5 Å². The van der Waals surface area contributed by atoms with Crippen LogP contribution < -0.4 is 16.8 Å². The van der Waals surface area contributed by atoms with Gasteiger partial charge >= 0.3 is 6.03 Å². The number of thiazole rings is 1. The van der Waals surface area contributed by atoms with Crippen molar-refractivity contribution in [3.05, 3.63) is 47.5 Å². The predicted octanol–water partition coefficient (Wildman–Crippen LogP) is 1.55. The Morgan fingerprint density at radius 1 is 1.26 bits per heavy atom. The summed E-state index contributed by atoms with van der Waals surface area (Å²) in [4.78, 5) is 48.1. The summed E-state index contributed by atoms with van der Waals surface area (Å²) in [7, 11) is 1.54. The fourth-order valence-corrected chi connectivity index (χ4v) is 6.22. The van der Waals surface area contributed by atoms with Gasteiger partial charge in [0.05, 0.1) is 29.0 Å². The molecule has 39 heavy (non-hydrogen) atoms. The molecule has 2 aliphatic rings. The van der Waals surface area contributed by atoms with Gasteiger partial charge in [-0.15, -0.1) is 0 Å². The van der Waals surface area contributed by atoms with Crippen LogP contribution in [-0.4, -0.2) is 86.1 Å². The van der Waals surface area contributed by atoms with Crippen LogP contribution in [0.2, 0.25) is 0 Å². The molecule has 3 aromatic rings. The second-order valence-electron chi connectivity index (χ2n) is 10.0. The highest BCUT2D eigenvalue weighted by Gasteiger charge is 2.52. The van der Waals surface area contributed by atoms with E-state index >= 15 is 0 Å².